The molecule has 0 radical (unpaired) electrons. The largest absolute Gasteiger partial charge is 0.337 e. The molecule has 1 heterocycles. The number of nitrogens with zero attached hydrogens (tertiary/aromatic N) is 3. The lowest BCUT2D eigenvalue weighted by Gasteiger charge is -2.21. The zero-order valence-corrected chi connectivity index (χ0v) is 14.8. The first kappa shape index (κ1) is 17.3. The zero-order chi connectivity index (χ0) is 16.8. The van der Waals surface area contributed by atoms with Crippen molar-refractivity contribution in [1.29, 1.82) is 5.26 Å². The summed E-state index contributed by atoms with van der Waals surface area (Å²) in [5, 5.41) is 20.0. The maximum Gasteiger partial charge on any atom is 0.231 e. The highest BCUT2D eigenvalue weighted by Gasteiger charge is 2.35. The second kappa shape index (κ2) is 8.02. The smallest absolute Gasteiger partial charge is 0.231 e. The van der Waals surface area contributed by atoms with E-state index in [0.29, 0.717) is 5.16 Å². The maximum absolute atomic E-state index is 12.1. The van der Waals surface area contributed by atoms with Crippen LogP contribution in [0.3, 0.4) is 0 Å². The average molecular weight is 347 g/mol. The summed E-state index contributed by atoms with van der Waals surface area (Å²) in [6.45, 7) is 0. The number of aromatic amines is 1. The summed E-state index contributed by atoms with van der Waals surface area (Å²) in [5.41, 5.74) is -0.650. The van der Waals surface area contributed by atoms with Gasteiger partial charge in [-0.25, -0.2) is 4.98 Å². The number of hydrogen-bond acceptors (Lipinski definition) is 5. The van der Waals surface area contributed by atoms with Crippen molar-refractivity contribution in [1.82, 2.24) is 20.5 Å². The minimum atomic E-state index is -0.650. The highest BCUT2D eigenvalue weighted by Crippen LogP contribution is 2.29. The fraction of sp³-hybridized carbons (Fsp3) is 0.765. The van der Waals surface area contributed by atoms with E-state index in [4.69, 9.17) is 0 Å². The summed E-state index contributed by atoms with van der Waals surface area (Å²) in [7, 11) is 0. The van der Waals surface area contributed by atoms with Gasteiger partial charge in [0.05, 0.1) is 11.8 Å². The van der Waals surface area contributed by atoms with E-state index in [1.54, 1.807) is 0 Å². The van der Waals surface area contributed by atoms with Crippen LogP contribution in [0, 0.1) is 17.2 Å². The number of hydrogen-bond donors (Lipinski definition) is 2. The standard InChI is InChI=1S/C17H25N5OS/c18-12-17(9-3-4-10-17)20-15(23)11-24-16-19-14(21-22-16)8-7-13-5-1-2-6-13/h13H,1-11H2,(H,20,23)(H,19,21,22). The van der Waals surface area contributed by atoms with Gasteiger partial charge in [-0.3, -0.25) is 9.89 Å². The third kappa shape index (κ3) is 4.50. The number of aryl methyl sites for hydroxylation is 1. The van der Waals surface area contributed by atoms with Gasteiger partial charge in [0.2, 0.25) is 11.1 Å². The maximum atomic E-state index is 12.1. The number of carbonyl (C=O) groups is 1. The molecular formula is C17H25N5OS. The van der Waals surface area contributed by atoms with Crippen molar-refractivity contribution in [2.24, 2.45) is 5.92 Å². The lowest BCUT2D eigenvalue weighted by atomic mass is 10.0. The summed E-state index contributed by atoms with van der Waals surface area (Å²) in [6, 6.07) is 2.28. The van der Waals surface area contributed by atoms with Crippen LogP contribution < -0.4 is 5.32 Å². The van der Waals surface area contributed by atoms with Crippen molar-refractivity contribution in [3.05, 3.63) is 5.82 Å². The van der Waals surface area contributed by atoms with Gasteiger partial charge in [-0.2, -0.15) is 5.26 Å². The van der Waals surface area contributed by atoms with E-state index in [1.165, 1.54) is 43.9 Å². The Balaban J connectivity index is 1.41. The Morgan fingerprint density at radius 2 is 2.08 bits per heavy atom. The molecule has 2 N–H and O–H groups in total. The van der Waals surface area contributed by atoms with E-state index in [-0.39, 0.29) is 11.7 Å². The van der Waals surface area contributed by atoms with Crippen molar-refractivity contribution in [2.75, 3.05) is 5.75 Å². The molecule has 1 aromatic rings. The normalized spacial score (nSPS) is 20.1. The van der Waals surface area contributed by atoms with Crippen molar-refractivity contribution < 1.29 is 4.79 Å². The Morgan fingerprint density at radius 1 is 1.33 bits per heavy atom. The minimum absolute atomic E-state index is 0.110. The lowest BCUT2D eigenvalue weighted by molar-refractivity contribution is -0.119. The van der Waals surface area contributed by atoms with E-state index >= 15 is 0 Å². The first-order chi connectivity index (χ1) is 11.7. The van der Waals surface area contributed by atoms with Crippen LogP contribution in [0.1, 0.15) is 63.6 Å². The van der Waals surface area contributed by atoms with Crippen LogP contribution in [-0.4, -0.2) is 32.4 Å². The van der Waals surface area contributed by atoms with Crippen LogP contribution in [0.5, 0.6) is 0 Å². The number of aromatic nitrogens is 3. The van der Waals surface area contributed by atoms with Gasteiger partial charge in [-0.15, -0.1) is 5.10 Å². The highest BCUT2D eigenvalue weighted by molar-refractivity contribution is 7.99. The summed E-state index contributed by atoms with van der Waals surface area (Å²) in [6.07, 6.45) is 11.0. The second-order valence-electron chi connectivity index (χ2n) is 6.99. The molecular weight excluding hydrogens is 322 g/mol. The second-order valence-corrected chi connectivity index (χ2v) is 7.93. The van der Waals surface area contributed by atoms with Gasteiger partial charge in [0.1, 0.15) is 11.4 Å². The molecule has 2 aliphatic carbocycles. The summed E-state index contributed by atoms with van der Waals surface area (Å²) in [5.74, 6) is 1.89. The number of nitriles is 1. The fourth-order valence-electron chi connectivity index (χ4n) is 3.77. The predicted molar refractivity (Wildman–Crippen MR) is 92.3 cm³/mol. The van der Waals surface area contributed by atoms with Crippen molar-refractivity contribution in [3.63, 3.8) is 0 Å². The predicted octanol–water partition coefficient (Wildman–Crippen LogP) is 2.97. The van der Waals surface area contributed by atoms with Gasteiger partial charge in [0.15, 0.2) is 0 Å². The van der Waals surface area contributed by atoms with E-state index in [2.05, 4.69) is 26.6 Å². The van der Waals surface area contributed by atoms with Gasteiger partial charge in [-0.1, -0.05) is 37.4 Å². The molecule has 2 aliphatic rings. The molecule has 3 rings (SSSR count). The molecule has 130 valence electrons. The first-order valence-electron chi connectivity index (χ1n) is 8.95. The molecule has 1 amide bonds. The van der Waals surface area contributed by atoms with Gasteiger partial charge in [0, 0.05) is 6.42 Å². The molecule has 0 aromatic carbocycles. The molecule has 0 aliphatic heterocycles. The van der Waals surface area contributed by atoms with Gasteiger partial charge >= 0.3 is 0 Å². The Morgan fingerprint density at radius 3 is 2.79 bits per heavy atom. The van der Waals surface area contributed by atoms with Crippen LogP contribution in [0.25, 0.3) is 0 Å². The first-order valence-corrected chi connectivity index (χ1v) is 9.94. The van der Waals surface area contributed by atoms with Crippen molar-refractivity contribution in [2.45, 2.75) is 74.9 Å². The number of amides is 1. The van der Waals surface area contributed by atoms with Crippen LogP contribution in [-0.2, 0) is 11.2 Å². The Bertz CT molecular complexity index is 596. The van der Waals surface area contributed by atoms with E-state index in [9.17, 15) is 10.1 Å². The zero-order valence-electron chi connectivity index (χ0n) is 14.0. The fourth-order valence-corrected chi connectivity index (χ4v) is 4.39. The topological polar surface area (TPSA) is 94.5 Å². The number of rotatable bonds is 7. The molecule has 0 bridgehead atoms. The SMILES string of the molecule is N#CC1(NC(=O)CSc2n[nH]c(CCC3CCCC3)n2)CCCC1. The van der Waals surface area contributed by atoms with E-state index in [0.717, 1.165) is 43.8 Å². The average Bonchev–Trinajstić information content (AvgIpc) is 3.33. The van der Waals surface area contributed by atoms with E-state index < -0.39 is 5.54 Å². The molecule has 2 fully saturated rings. The van der Waals surface area contributed by atoms with Crippen LogP contribution in [0.4, 0.5) is 0 Å². The number of nitrogens with one attached hydrogen (secondary N) is 2. The van der Waals surface area contributed by atoms with Gasteiger partial charge < -0.3 is 5.32 Å². The Kier molecular flexibility index (Phi) is 5.77. The molecule has 0 spiro atoms. The molecule has 6 nitrogen and oxygen atoms in total. The van der Waals surface area contributed by atoms with Crippen LogP contribution in [0.15, 0.2) is 5.16 Å². The van der Waals surface area contributed by atoms with Crippen LogP contribution >= 0.6 is 11.8 Å². The van der Waals surface area contributed by atoms with Gasteiger partial charge in [-0.05, 0) is 38.0 Å². The molecule has 0 atom stereocenters. The lowest BCUT2D eigenvalue weighted by Crippen LogP contribution is -2.45. The number of thioether (sulfide) groups is 1. The molecule has 1 aromatic heterocycles. The Labute approximate surface area is 147 Å². The summed E-state index contributed by atoms with van der Waals surface area (Å²) < 4.78 is 0. The number of carbonyl (C=O) groups excluding carboxylic acids is 1. The van der Waals surface area contributed by atoms with Crippen molar-refractivity contribution >= 4 is 17.7 Å². The highest BCUT2D eigenvalue weighted by atomic mass is 32.2. The monoisotopic (exact) mass is 347 g/mol. The third-order valence-corrected chi connectivity index (χ3v) is 6.00. The molecule has 0 saturated heterocycles. The summed E-state index contributed by atoms with van der Waals surface area (Å²) in [4.78, 5) is 16.6. The minimum Gasteiger partial charge on any atom is -0.337 e. The van der Waals surface area contributed by atoms with Crippen LogP contribution in [0.2, 0.25) is 0 Å². The van der Waals surface area contributed by atoms with Gasteiger partial charge in [0.25, 0.3) is 0 Å². The van der Waals surface area contributed by atoms with Crippen molar-refractivity contribution in [3.8, 4) is 6.07 Å². The summed E-state index contributed by atoms with van der Waals surface area (Å²) >= 11 is 1.33. The quantitative estimate of drug-likeness (QED) is 0.740. The van der Waals surface area contributed by atoms with E-state index in [1.807, 2.05) is 0 Å². The number of H-pyrrole nitrogens is 1. The third-order valence-electron chi connectivity index (χ3n) is 5.16. The molecule has 0 unspecified atom stereocenters. The molecule has 7 heteroatoms. The molecule has 24 heavy (non-hydrogen) atoms. The Hall–Kier alpha value is -1.55. The molecule has 2 saturated carbocycles.